The number of fused-ring (bicyclic) bond motifs is 2. The predicted molar refractivity (Wildman–Crippen MR) is 202 cm³/mol. The van der Waals surface area contributed by atoms with E-state index >= 15 is 0 Å². The van der Waals surface area contributed by atoms with E-state index in [9.17, 15) is 27.9 Å². The van der Waals surface area contributed by atoms with Crippen LogP contribution < -0.4 is 21.8 Å². The molecule has 290 valence electrons. The van der Waals surface area contributed by atoms with E-state index in [2.05, 4.69) is 40.1 Å². The Morgan fingerprint density at radius 2 is 1.51 bits per heavy atom. The summed E-state index contributed by atoms with van der Waals surface area (Å²) in [4.78, 5) is 31.3. The van der Waals surface area contributed by atoms with Crippen LogP contribution in [0.5, 0.6) is 0 Å². The molecule has 12 nitrogen and oxygen atoms in total. The van der Waals surface area contributed by atoms with Gasteiger partial charge in [-0.1, -0.05) is 59.1 Å². The highest BCUT2D eigenvalue weighted by atomic mass is 19.4. The number of nitrogens with two attached hydrogens (primary N) is 1. The van der Waals surface area contributed by atoms with Crippen LogP contribution in [0.3, 0.4) is 0 Å². The number of amides is 2. The van der Waals surface area contributed by atoms with Crippen LogP contribution in [0.4, 0.5) is 13.2 Å². The summed E-state index contributed by atoms with van der Waals surface area (Å²) >= 11 is 0. The first kappa shape index (κ1) is 42.7. The molecule has 7 N–H and O–H groups in total. The highest BCUT2D eigenvalue weighted by Crippen LogP contribution is 2.25. The summed E-state index contributed by atoms with van der Waals surface area (Å²) in [6.45, 7) is 12.1. The second-order valence-electron chi connectivity index (χ2n) is 12.9. The summed E-state index contributed by atoms with van der Waals surface area (Å²) in [6, 6.07) is 11.2. The number of primary amides is 1. The Morgan fingerprint density at radius 1 is 0.906 bits per heavy atom. The molecule has 15 heteroatoms. The fourth-order valence-corrected chi connectivity index (χ4v) is 5.70. The minimum Gasteiger partial charge on any atom is -0.503 e. The first-order valence-corrected chi connectivity index (χ1v) is 18.1. The van der Waals surface area contributed by atoms with Gasteiger partial charge in [-0.25, -0.2) is 15.4 Å². The summed E-state index contributed by atoms with van der Waals surface area (Å²) in [5.41, 5.74) is 11.2. The number of hydrogen-bond donors (Lipinski definition) is 6. The minimum absolute atomic E-state index is 0.225. The molecule has 53 heavy (non-hydrogen) atoms. The molecular formula is C38H53F3N8O4. The summed E-state index contributed by atoms with van der Waals surface area (Å²) in [6.07, 6.45) is 4.58. The number of hydroxylamine groups is 1. The van der Waals surface area contributed by atoms with E-state index in [4.69, 9.17) is 15.9 Å². The molecule has 4 aromatic rings. The number of nitrogens with one attached hydrogen (secondary N) is 3. The predicted octanol–water partition coefficient (Wildman–Crippen LogP) is 6.20. The molecule has 0 saturated carbocycles. The summed E-state index contributed by atoms with van der Waals surface area (Å²) in [7, 11) is 0. The fraction of sp³-hybridized carbons (Fsp3) is 0.474. The maximum absolute atomic E-state index is 12.6. The Balaban J connectivity index is 0.000000286. The van der Waals surface area contributed by atoms with Gasteiger partial charge in [0.25, 0.3) is 11.8 Å². The molecule has 0 aliphatic rings. The zero-order valence-corrected chi connectivity index (χ0v) is 31.0. The number of unbranched alkanes of at least 4 members (excludes halogenated alkanes) is 3. The molecule has 0 saturated heterocycles. The van der Waals surface area contributed by atoms with Crippen molar-refractivity contribution in [2.75, 3.05) is 19.6 Å². The van der Waals surface area contributed by atoms with Gasteiger partial charge >= 0.3 is 6.18 Å². The van der Waals surface area contributed by atoms with Crippen molar-refractivity contribution in [1.82, 2.24) is 35.2 Å². The van der Waals surface area contributed by atoms with Crippen LogP contribution in [0, 0.1) is 0 Å². The van der Waals surface area contributed by atoms with Crippen LogP contribution >= 0.6 is 0 Å². The second-order valence-corrected chi connectivity index (χ2v) is 12.9. The quantitative estimate of drug-likeness (QED) is 0.0217. The number of aliphatic hydroxyl groups excluding tert-OH is 1. The van der Waals surface area contributed by atoms with Crippen molar-refractivity contribution < 1.29 is 33.1 Å². The van der Waals surface area contributed by atoms with Crippen LogP contribution in [-0.4, -0.2) is 73.1 Å². The number of carbonyl (C=O) groups is 2. The smallest absolute Gasteiger partial charge is 0.389 e. The molecule has 4 rings (SSSR count). The third-order valence-electron chi connectivity index (χ3n) is 8.33. The summed E-state index contributed by atoms with van der Waals surface area (Å²) in [5.74, 6) is -0.646. The lowest BCUT2D eigenvalue weighted by molar-refractivity contribution is -0.134. The molecule has 0 bridgehead atoms. The van der Waals surface area contributed by atoms with Gasteiger partial charge in [-0.2, -0.15) is 13.2 Å². The number of rotatable bonds is 19. The molecule has 0 unspecified atom stereocenters. The second kappa shape index (κ2) is 21.1. The topological polar surface area (TPSA) is 172 Å². The van der Waals surface area contributed by atoms with E-state index in [0.29, 0.717) is 35.5 Å². The number of carbonyl (C=O) groups excluding carboxylic acids is 2. The molecular weight excluding hydrogens is 689 g/mol. The minimum atomic E-state index is -4.26. The van der Waals surface area contributed by atoms with Gasteiger partial charge in [0.2, 0.25) is 0 Å². The highest BCUT2D eigenvalue weighted by Gasteiger charge is 2.28. The van der Waals surface area contributed by atoms with Crippen molar-refractivity contribution in [3.63, 3.8) is 0 Å². The lowest BCUT2D eigenvalue weighted by Crippen LogP contribution is -2.27. The maximum atomic E-state index is 12.6. The van der Waals surface area contributed by atoms with Gasteiger partial charge in [0, 0.05) is 51.1 Å². The third kappa shape index (κ3) is 14.0. The molecule has 0 atom stereocenters. The first-order valence-electron chi connectivity index (χ1n) is 18.1. The van der Waals surface area contributed by atoms with Crippen LogP contribution in [-0.2, 0) is 35.5 Å². The molecule has 0 aliphatic heterocycles. The first-order chi connectivity index (χ1) is 25.3. The van der Waals surface area contributed by atoms with E-state index in [1.165, 1.54) is 31.4 Å². The van der Waals surface area contributed by atoms with E-state index < -0.39 is 30.2 Å². The summed E-state index contributed by atoms with van der Waals surface area (Å²) in [5, 5.41) is 24.7. The van der Waals surface area contributed by atoms with Crippen LogP contribution in [0.1, 0.15) is 82.6 Å². The average Bonchev–Trinajstić information content (AvgIpc) is 3.64. The molecule has 2 amide bonds. The number of likely N-dealkylation sites (N-methyl/N-ethyl adjacent to an activating group) is 1. The van der Waals surface area contributed by atoms with Crippen LogP contribution in [0.15, 0.2) is 48.2 Å². The Kier molecular flexibility index (Phi) is 17.0. The largest absolute Gasteiger partial charge is 0.503 e. The van der Waals surface area contributed by atoms with Crippen LogP contribution in [0.2, 0.25) is 0 Å². The number of aryl methyl sites for hydroxylation is 2. The van der Waals surface area contributed by atoms with Gasteiger partial charge in [-0.3, -0.25) is 14.8 Å². The van der Waals surface area contributed by atoms with Gasteiger partial charge in [-0.05, 0) is 60.5 Å². The van der Waals surface area contributed by atoms with E-state index in [0.717, 1.165) is 54.9 Å². The normalized spacial score (nSPS) is 12.2. The molecule has 2 aromatic carbocycles. The van der Waals surface area contributed by atoms with Crippen molar-refractivity contribution in [2.24, 2.45) is 5.73 Å². The maximum Gasteiger partial charge on any atom is 0.389 e. The number of aromatic nitrogens is 4. The number of benzene rings is 2. The zero-order chi connectivity index (χ0) is 39.0. The van der Waals surface area contributed by atoms with E-state index in [1.54, 1.807) is 34.3 Å². The lowest BCUT2D eigenvalue weighted by atomic mass is 10.1. The standard InChI is InChI=1S/C20H30N4O2.C18H23F3N4O2/c1-3-5-6-7-8-19-22-17-15-16(10-12-20(25)23-26)9-11-18(17)24(19)14-13-21-4-2;1-11(2)23-7-8-25-14-4-3-12(10-15(26)17(22)27)9-13(14)24-16(25)5-6-18(19,20)21/h9-12,15,21,26H,3-8,13-14H2,1-2H3,(H,23,25);3-4,9-11,23,26H,5-8H2,1-2H3,(H2,22,27). The van der Waals surface area contributed by atoms with E-state index in [1.807, 2.05) is 26.0 Å². The Hall–Kier alpha value is -4.73. The Bertz CT molecular complexity index is 1850. The number of aliphatic hydroxyl groups is 1. The number of alkyl halides is 3. The number of nitrogens with zero attached hydrogens (tertiary/aromatic N) is 4. The van der Waals surface area contributed by atoms with Gasteiger partial charge < -0.3 is 30.6 Å². The number of imidazole rings is 2. The fourth-order valence-electron chi connectivity index (χ4n) is 5.70. The zero-order valence-electron chi connectivity index (χ0n) is 31.0. The van der Waals surface area contributed by atoms with Gasteiger partial charge in [-0.15, -0.1) is 0 Å². The molecule has 2 heterocycles. The molecule has 2 aromatic heterocycles. The van der Waals surface area contributed by atoms with Crippen molar-refractivity contribution in [3.05, 3.63) is 71.0 Å². The SMILES string of the molecule is CC(C)NCCn1c(CCC(F)(F)F)nc2cc(C=C(O)C(N)=O)ccc21.CCCCCCc1nc2cc(C=CC(=O)NO)ccc2n1CCNCC. The van der Waals surface area contributed by atoms with Crippen molar-refractivity contribution in [2.45, 2.75) is 97.9 Å². The molecule has 0 aliphatic carbocycles. The molecule has 0 radical (unpaired) electrons. The highest BCUT2D eigenvalue weighted by molar-refractivity contribution is 5.94. The van der Waals surface area contributed by atoms with Gasteiger partial charge in [0.15, 0.2) is 5.76 Å². The summed E-state index contributed by atoms with van der Waals surface area (Å²) < 4.78 is 42.0. The van der Waals surface area contributed by atoms with Crippen molar-refractivity contribution >= 4 is 46.0 Å². The van der Waals surface area contributed by atoms with Crippen molar-refractivity contribution in [3.8, 4) is 0 Å². The average molecular weight is 743 g/mol. The van der Waals surface area contributed by atoms with Gasteiger partial charge in [0.1, 0.15) is 11.6 Å². The van der Waals surface area contributed by atoms with Crippen LogP contribution in [0.25, 0.3) is 34.2 Å². The monoisotopic (exact) mass is 742 g/mol. The van der Waals surface area contributed by atoms with E-state index in [-0.39, 0.29) is 12.5 Å². The molecule has 0 spiro atoms. The Morgan fingerprint density at radius 3 is 2.08 bits per heavy atom. The third-order valence-corrected chi connectivity index (χ3v) is 8.33. The Labute approximate surface area is 308 Å². The number of halogens is 3. The molecule has 0 fully saturated rings. The number of hydrogen-bond acceptors (Lipinski definition) is 8. The van der Waals surface area contributed by atoms with Crippen molar-refractivity contribution in [1.29, 1.82) is 0 Å². The lowest BCUT2D eigenvalue weighted by Gasteiger charge is -2.13. The van der Waals surface area contributed by atoms with Gasteiger partial charge in [0.05, 0.1) is 28.5 Å².